The van der Waals surface area contributed by atoms with Crippen LogP contribution in [-0.2, 0) is 11.0 Å². The quantitative estimate of drug-likeness (QED) is 0.916. The number of benzene rings is 1. The molecule has 1 N–H and O–H groups in total. The molecule has 0 spiro atoms. The predicted octanol–water partition coefficient (Wildman–Crippen LogP) is 3.41. The average Bonchev–Trinajstić information content (AvgIpc) is 3.05. The first-order valence-corrected chi connectivity index (χ1v) is 8.26. The van der Waals surface area contributed by atoms with Crippen LogP contribution in [0, 0.1) is 5.92 Å². The molecule has 1 aliphatic rings. The Bertz CT molecular complexity index is 696. The molecule has 1 fully saturated rings. The Morgan fingerprint density at radius 3 is 2.42 bits per heavy atom. The number of para-hydroxylation sites is 1. The molecule has 9 heteroatoms. The molecule has 128 valence electrons. The van der Waals surface area contributed by atoms with E-state index < -0.39 is 11.2 Å². The number of hydrogen-bond acceptors (Lipinski definition) is 5. The maximum atomic E-state index is 12.5. The molecule has 0 bridgehead atoms. The lowest BCUT2D eigenvalue weighted by Crippen LogP contribution is -2.38. The summed E-state index contributed by atoms with van der Waals surface area (Å²) in [4.78, 5) is 14.4. The van der Waals surface area contributed by atoms with Crippen LogP contribution in [0.15, 0.2) is 30.3 Å². The van der Waals surface area contributed by atoms with Crippen molar-refractivity contribution < 1.29 is 18.0 Å². The van der Waals surface area contributed by atoms with Crippen LogP contribution in [0.25, 0.3) is 0 Å². The van der Waals surface area contributed by atoms with E-state index >= 15 is 0 Å². The van der Waals surface area contributed by atoms with Crippen LogP contribution < -0.4 is 10.2 Å². The average molecular weight is 356 g/mol. The second kappa shape index (κ2) is 6.76. The number of nitrogens with zero attached hydrogens (tertiary/aromatic N) is 3. The molecule has 5 nitrogen and oxygen atoms in total. The van der Waals surface area contributed by atoms with Crippen molar-refractivity contribution in [1.82, 2.24) is 10.2 Å². The number of alkyl halides is 3. The molecule has 0 saturated carbocycles. The summed E-state index contributed by atoms with van der Waals surface area (Å²) in [5, 5.41) is 7.72. The first-order valence-electron chi connectivity index (χ1n) is 7.45. The fourth-order valence-electron chi connectivity index (χ4n) is 2.63. The highest BCUT2D eigenvalue weighted by molar-refractivity contribution is 7.15. The van der Waals surface area contributed by atoms with E-state index in [0.717, 1.165) is 18.8 Å². The molecule has 0 unspecified atom stereocenters. The minimum Gasteiger partial charge on any atom is -0.371 e. The summed E-state index contributed by atoms with van der Waals surface area (Å²) in [6.07, 6.45) is -3.25. The minimum absolute atomic E-state index is 0.113. The molecule has 0 atom stereocenters. The molecule has 0 radical (unpaired) electrons. The third-order valence-corrected chi connectivity index (χ3v) is 4.77. The van der Waals surface area contributed by atoms with E-state index in [-0.39, 0.29) is 17.0 Å². The van der Waals surface area contributed by atoms with Gasteiger partial charge < -0.3 is 10.2 Å². The molecule has 2 aromatic rings. The van der Waals surface area contributed by atoms with Gasteiger partial charge in [-0.2, -0.15) is 13.2 Å². The number of amides is 1. The van der Waals surface area contributed by atoms with Crippen molar-refractivity contribution in [3.8, 4) is 0 Å². The molecule has 1 amide bonds. The topological polar surface area (TPSA) is 58.1 Å². The summed E-state index contributed by atoms with van der Waals surface area (Å²) < 4.78 is 37.5. The van der Waals surface area contributed by atoms with Crippen LogP contribution in [0.4, 0.5) is 24.0 Å². The van der Waals surface area contributed by atoms with E-state index in [1.54, 1.807) is 0 Å². The predicted molar refractivity (Wildman–Crippen MR) is 84.9 cm³/mol. The first-order chi connectivity index (χ1) is 11.4. The molecule has 1 saturated heterocycles. The van der Waals surface area contributed by atoms with Crippen molar-refractivity contribution >= 4 is 28.1 Å². The highest BCUT2D eigenvalue weighted by atomic mass is 32.1. The second-order valence-corrected chi connectivity index (χ2v) is 6.47. The highest BCUT2D eigenvalue weighted by Crippen LogP contribution is 2.33. The zero-order chi connectivity index (χ0) is 17.2. The van der Waals surface area contributed by atoms with Gasteiger partial charge in [0.15, 0.2) is 0 Å². The summed E-state index contributed by atoms with van der Waals surface area (Å²) in [6, 6.07) is 9.89. The summed E-state index contributed by atoms with van der Waals surface area (Å²) in [7, 11) is 0. The van der Waals surface area contributed by atoms with E-state index in [0.29, 0.717) is 24.2 Å². The first kappa shape index (κ1) is 16.7. The highest BCUT2D eigenvalue weighted by Gasteiger charge is 2.36. The monoisotopic (exact) mass is 356 g/mol. The van der Waals surface area contributed by atoms with Gasteiger partial charge in [-0.3, -0.25) is 4.79 Å². The number of halogens is 3. The Morgan fingerprint density at radius 2 is 1.83 bits per heavy atom. The van der Waals surface area contributed by atoms with Gasteiger partial charge in [0, 0.05) is 24.7 Å². The number of aromatic nitrogens is 2. The van der Waals surface area contributed by atoms with E-state index in [1.807, 2.05) is 30.3 Å². The number of rotatable bonds is 3. The Labute approximate surface area is 140 Å². The molecule has 1 aromatic carbocycles. The molecule has 1 aromatic heterocycles. The van der Waals surface area contributed by atoms with Crippen molar-refractivity contribution in [1.29, 1.82) is 0 Å². The largest absolute Gasteiger partial charge is 0.445 e. The maximum Gasteiger partial charge on any atom is 0.445 e. The van der Waals surface area contributed by atoms with Gasteiger partial charge >= 0.3 is 6.18 Å². The fourth-order valence-corrected chi connectivity index (χ4v) is 3.25. The van der Waals surface area contributed by atoms with Gasteiger partial charge in [-0.1, -0.05) is 29.5 Å². The van der Waals surface area contributed by atoms with Gasteiger partial charge in [0.2, 0.25) is 16.0 Å². The number of carbonyl (C=O) groups excluding carboxylic acids is 1. The zero-order valence-electron chi connectivity index (χ0n) is 12.6. The Morgan fingerprint density at radius 1 is 1.17 bits per heavy atom. The number of carbonyl (C=O) groups is 1. The maximum absolute atomic E-state index is 12.5. The molecule has 1 aliphatic heterocycles. The van der Waals surface area contributed by atoms with Crippen LogP contribution in [0.5, 0.6) is 0 Å². The lowest BCUT2D eigenvalue weighted by atomic mass is 9.95. The van der Waals surface area contributed by atoms with Gasteiger partial charge in [-0.05, 0) is 25.0 Å². The number of nitrogens with one attached hydrogen (secondary N) is 1. The molecule has 24 heavy (non-hydrogen) atoms. The molecular weight excluding hydrogens is 341 g/mol. The molecule has 3 rings (SSSR count). The van der Waals surface area contributed by atoms with E-state index in [4.69, 9.17) is 0 Å². The number of anilines is 2. The van der Waals surface area contributed by atoms with Crippen LogP contribution in [-0.4, -0.2) is 29.2 Å². The number of piperidine rings is 1. The van der Waals surface area contributed by atoms with Crippen molar-refractivity contribution in [2.24, 2.45) is 5.92 Å². The van der Waals surface area contributed by atoms with E-state index in [2.05, 4.69) is 20.4 Å². The van der Waals surface area contributed by atoms with Crippen LogP contribution in [0.2, 0.25) is 0 Å². The lowest BCUT2D eigenvalue weighted by Gasteiger charge is -2.32. The van der Waals surface area contributed by atoms with E-state index in [1.165, 1.54) is 0 Å². The van der Waals surface area contributed by atoms with Crippen molar-refractivity contribution in [2.45, 2.75) is 19.0 Å². The van der Waals surface area contributed by atoms with Gasteiger partial charge in [0.05, 0.1) is 0 Å². The van der Waals surface area contributed by atoms with E-state index in [9.17, 15) is 18.0 Å². The molecule has 2 heterocycles. The summed E-state index contributed by atoms with van der Waals surface area (Å²) in [5.74, 6) is -0.532. The molecule has 0 aliphatic carbocycles. The minimum atomic E-state index is -4.54. The van der Waals surface area contributed by atoms with Gasteiger partial charge in [-0.15, -0.1) is 10.2 Å². The Hall–Kier alpha value is -2.16. The normalized spacial score (nSPS) is 16.2. The fraction of sp³-hybridized carbons (Fsp3) is 0.400. The zero-order valence-corrected chi connectivity index (χ0v) is 13.4. The SMILES string of the molecule is O=C(Nc1nnc(C(F)(F)F)s1)C1CCN(c2ccccc2)CC1. The standard InChI is InChI=1S/C15H15F3N4OS/c16-15(17,18)13-20-21-14(24-13)19-12(23)10-6-8-22(9-7-10)11-4-2-1-3-5-11/h1-5,10H,6-9H2,(H,19,21,23). The van der Waals surface area contributed by atoms with Crippen molar-refractivity contribution in [3.05, 3.63) is 35.3 Å². The van der Waals surface area contributed by atoms with Gasteiger partial charge in [0.25, 0.3) is 0 Å². The van der Waals surface area contributed by atoms with Crippen LogP contribution >= 0.6 is 11.3 Å². The van der Waals surface area contributed by atoms with Gasteiger partial charge in [0.1, 0.15) is 0 Å². The van der Waals surface area contributed by atoms with Crippen molar-refractivity contribution in [2.75, 3.05) is 23.3 Å². The number of hydrogen-bond donors (Lipinski definition) is 1. The van der Waals surface area contributed by atoms with Crippen LogP contribution in [0.3, 0.4) is 0 Å². The Kier molecular flexibility index (Phi) is 4.70. The third kappa shape index (κ3) is 3.84. The smallest absolute Gasteiger partial charge is 0.371 e. The molecular formula is C15H15F3N4OS. The Balaban J connectivity index is 1.55. The van der Waals surface area contributed by atoms with Gasteiger partial charge in [-0.25, -0.2) is 0 Å². The van der Waals surface area contributed by atoms with Crippen molar-refractivity contribution in [3.63, 3.8) is 0 Å². The lowest BCUT2D eigenvalue weighted by molar-refractivity contribution is -0.138. The third-order valence-electron chi connectivity index (χ3n) is 3.88. The summed E-state index contributed by atoms with van der Waals surface area (Å²) in [5.41, 5.74) is 1.11. The summed E-state index contributed by atoms with van der Waals surface area (Å²) >= 11 is 0.340. The second-order valence-electron chi connectivity index (χ2n) is 5.50. The summed E-state index contributed by atoms with van der Waals surface area (Å²) in [6.45, 7) is 1.46. The van der Waals surface area contributed by atoms with Crippen LogP contribution in [0.1, 0.15) is 17.8 Å².